The van der Waals surface area contributed by atoms with Crippen LogP contribution in [0.15, 0.2) is 42.5 Å². The van der Waals surface area contributed by atoms with Crippen molar-refractivity contribution in [3.63, 3.8) is 0 Å². The Hall–Kier alpha value is -1.32. The zero-order valence-corrected chi connectivity index (χ0v) is 15.2. The molecular formula is C20H24BrNO. The molecule has 3 heteroatoms. The first-order chi connectivity index (χ1) is 10.6. The number of benzene rings is 2. The Bertz CT molecular complexity index is 729. The number of halogens is 1. The Morgan fingerprint density at radius 3 is 2.61 bits per heavy atom. The highest BCUT2D eigenvalue weighted by Crippen LogP contribution is 2.45. The molecule has 122 valence electrons. The van der Waals surface area contributed by atoms with Gasteiger partial charge in [0.25, 0.3) is 0 Å². The summed E-state index contributed by atoms with van der Waals surface area (Å²) in [7, 11) is 0. The van der Waals surface area contributed by atoms with Crippen LogP contribution in [0.1, 0.15) is 35.6 Å². The van der Waals surface area contributed by atoms with E-state index in [1.807, 2.05) is 12.1 Å². The topological polar surface area (TPSA) is 46.2 Å². The van der Waals surface area contributed by atoms with E-state index in [-0.39, 0.29) is 28.4 Å². The maximum atomic E-state index is 9.97. The van der Waals surface area contributed by atoms with Crippen LogP contribution < -0.4 is 5.73 Å². The molecule has 2 unspecified atom stereocenters. The van der Waals surface area contributed by atoms with Gasteiger partial charge in [-0.15, -0.1) is 17.0 Å². The van der Waals surface area contributed by atoms with E-state index in [9.17, 15) is 5.11 Å². The molecule has 2 aromatic rings. The Morgan fingerprint density at radius 1 is 1.09 bits per heavy atom. The van der Waals surface area contributed by atoms with E-state index in [2.05, 4.69) is 37.3 Å². The highest BCUT2D eigenvalue weighted by atomic mass is 79.9. The second kappa shape index (κ2) is 5.95. The summed E-state index contributed by atoms with van der Waals surface area (Å²) in [6.45, 7) is 2.28. The monoisotopic (exact) mass is 373 g/mol. The van der Waals surface area contributed by atoms with Gasteiger partial charge < -0.3 is 10.8 Å². The van der Waals surface area contributed by atoms with Crippen LogP contribution in [-0.4, -0.2) is 11.1 Å². The van der Waals surface area contributed by atoms with Gasteiger partial charge >= 0.3 is 0 Å². The molecule has 0 aromatic heterocycles. The first-order valence-electron chi connectivity index (χ1n) is 8.23. The molecule has 3 atom stereocenters. The van der Waals surface area contributed by atoms with Crippen molar-refractivity contribution in [3.05, 3.63) is 64.7 Å². The standard InChI is InChI=1S/C20H23NO.BrH/c1-20-12-16-5-3-2-4-13(16)6-7-15(19(20)21)10-14-8-9-17(22)11-18(14)20;/h2-5,8-9,11,15,19,22H,6-7,10,12,21H2,1H3;1H/t15?,19?,20-;/m1./s1. The molecule has 0 saturated heterocycles. The van der Waals surface area contributed by atoms with E-state index in [0.717, 1.165) is 25.7 Å². The zero-order chi connectivity index (χ0) is 15.3. The molecule has 3 N–H and O–H groups in total. The van der Waals surface area contributed by atoms with Gasteiger partial charge in [0, 0.05) is 11.5 Å². The molecule has 23 heavy (non-hydrogen) atoms. The molecule has 0 aliphatic heterocycles. The van der Waals surface area contributed by atoms with E-state index < -0.39 is 0 Å². The lowest BCUT2D eigenvalue weighted by atomic mass is 9.59. The van der Waals surface area contributed by atoms with E-state index in [4.69, 9.17) is 5.73 Å². The number of hydrogen-bond donors (Lipinski definition) is 2. The van der Waals surface area contributed by atoms with Crippen molar-refractivity contribution in [2.75, 3.05) is 0 Å². The van der Waals surface area contributed by atoms with Gasteiger partial charge in [0.05, 0.1) is 0 Å². The van der Waals surface area contributed by atoms with Gasteiger partial charge in [-0.3, -0.25) is 0 Å². The molecule has 2 aliphatic rings. The first-order valence-corrected chi connectivity index (χ1v) is 8.23. The summed E-state index contributed by atoms with van der Waals surface area (Å²) in [4.78, 5) is 0. The molecule has 2 aliphatic carbocycles. The third-order valence-corrected chi connectivity index (χ3v) is 5.89. The first kappa shape index (κ1) is 16.5. The normalized spacial score (nSPS) is 28.6. The lowest BCUT2D eigenvalue weighted by Crippen LogP contribution is -2.54. The number of fused-ring (bicyclic) bond motifs is 5. The average Bonchev–Trinajstić information content (AvgIpc) is 2.51. The van der Waals surface area contributed by atoms with Crippen molar-refractivity contribution in [2.45, 2.75) is 44.1 Å². The maximum Gasteiger partial charge on any atom is 0.115 e. The van der Waals surface area contributed by atoms with Crippen molar-refractivity contribution in [2.24, 2.45) is 11.7 Å². The molecule has 0 heterocycles. The highest BCUT2D eigenvalue weighted by Gasteiger charge is 2.44. The zero-order valence-electron chi connectivity index (χ0n) is 13.5. The number of aromatic hydroxyl groups is 1. The van der Waals surface area contributed by atoms with Crippen LogP contribution in [0.3, 0.4) is 0 Å². The Balaban J connectivity index is 0.00000156. The predicted molar refractivity (Wildman–Crippen MR) is 99.4 cm³/mol. The molecule has 2 aromatic carbocycles. The number of hydrogen-bond acceptors (Lipinski definition) is 2. The quantitative estimate of drug-likeness (QED) is 0.734. The van der Waals surface area contributed by atoms with Gasteiger partial charge in [-0.05, 0) is 66.0 Å². The summed E-state index contributed by atoms with van der Waals surface area (Å²) in [6.07, 6.45) is 4.26. The lowest BCUT2D eigenvalue weighted by Gasteiger charge is -2.47. The maximum absolute atomic E-state index is 9.97. The van der Waals surface area contributed by atoms with Crippen LogP contribution >= 0.6 is 17.0 Å². The number of phenolic OH excluding ortho intramolecular Hbond substituents is 1. The van der Waals surface area contributed by atoms with E-state index in [1.54, 1.807) is 0 Å². The minimum Gasteiger partial charge on any atom is -0.508 e. The number of nitrogens with two attached hydrogens (primary N) is 1. The Kier molecular flexibility index (Phi) is 4.28. The SMILES string of the molecule is Br.C[C@@]12Cc3ccccc3CCC(Cc3ccc(O)cc31)C2N. The Labute approximate surface area is 148 Å². The van der Waals surface area contributed by atoms with Gasteiger partial charge in [0.1, 0.15) is 5.75 Å². The average molecular weight is 374 g/mol. The molecule has 2 nitrogen and oxygen atoms in total. The summed E-state index contributed by atoms with van der Waals surface area (Å²) in [5.41, 5.74) is 12.1. The molecule has 4 rings (SSSR count). The molecule has 0 fully saturated rings. The van der Waals surface area contributed by atoms with Gasteiger partial charge in [-0.1, -0.05) is 37.3 Å². The van der Waals surface area contributed by atoms with E-state index >= 15 is 0 Å². The van der Waals surface area contributed by atoms with E-state index in [0.29, 0.717) is 11.7 Å². The van der Waals surface area contributed by atoms with Crippen molar-refractivity contribution >= 4 is 17.0 Å². The fourth-order valence-electron chi connectivity index (χ4n) is 4.59. The molecule has 0 radical (unpaired) electrons. The van der Waals surface area contributed by atoms with Crippen LogP contribution in [0.4, 0.5) is 0 Å². The highest BCUT2D eigenvalue weighted by molar-refractivity contribution is 8.93. The number of phenols is 1. The summed E-state index contributed by atoms with van der Waals surface area (Å²) in [5.74, 6) is 0.872. The van der Waals surface area contributed by atoms with Gasteiger partial charge in [0.2, 0.25) is 0 Å². The minimum atomic E-state index is -0.104. The fourth-order valence-corrected chi connectivity index (χ4v) is 4.59. The summed E-state index contributed by atoms with van der Waals surface area (Å²) >= 11 is 0. The summed E-state index contributed by atoms with van der Waals surface area (Å²) in [6, 6.07) is 14.8. The predicted octanol–water partition coefficient (Wildman–Crippen LogP) is 3.92. The van der Waals surface area contributed by atoms with Crippen molar-refractivity contribution in [1.82, 2.24) is 0 Å². The molecule has 0 spiro atoms. The second-order valence-electron chi connectivity index (χ2n) is 7.23. The number of rotatable bonds is 0. The van der Waals surface area contributed by atoms with Crippen LogP contribution in [-0.2, 0) is 24.7 Å². The van der Waals surface area contributed by atoms with Gasteiger partial charge in [0.15, 0.2) is 0 Å². The molecular weight excluding hydrogens is 350 g/mol. The van der Waals surface area contributed by atoms with Crippen LogP contribution in [0, 0.1) is 5.92 Å². The van der Waals surface area contributed by atoms with Crippen molar-refractivity contribution in [1.29, 1.82) is 0 Å². The van der Waals surface area contributed by atoms with Crippen LogP contribution in [0.5, 0.6) is 5.75 Å². The third-order valence-electron chi connectivity index (χ3n) is 5.89. The minimum absolute atomic E-state index is 0. The smallest absolute Gasteiger partial charge is 0.115 e. The summed E-state index contributed by atoms with van der Waals surface area (Å²) in [5, 5.41) is 9.97. The van der Waals surface area contributed by atoms with Gasteiger partial charge in [-0.25, -0.2) is 0 Å². The largest absolute Gasteiger partial charge is 0.508 e. The van der Waals surface area contributed by atoms with Crippen LogP contribution in [0.2, 0.25) is 0 Å². The van der Waals surface area contributed by atoms with Crippen molar-refractivity contribution < 1.29 is 5.11 Å². The fraction of sp³-hybridized carbons (Fsp3) is 0.400. The van der Waals surface area contributed by atoms with Gasteiger partial charge in [-0.2, -0.15) is 0 Å². The molecule has 2 bridgehead atoms. The lowest BCUT2D eigenvalue weighted by molar-refractivity contribution is 0.231. The number of aryl methyl sites for hydroxylation is 1. The summed E-state index contributed by atoms with van der Waals surface area (Å²) < 4.78 is 0. The van der Waals surface area contributed by atoms with E-state index in [1.165, 1.54) is 22.3 Å². The molecule has 0 saturated carbocycles. The van der Waals surface area contributed by atoms with Crippen molar-refractivity contribution in [3.8, 4) is 5.75 Å². The van der Waals surface area contributed by atoms with Crippen LogP contribution in [0.25, 0.3) is 0 Å². The molecule has 0 amide bonds. The third kappa shape index (κ3) is 2.60. The Morgan fingerprint density at radius 2 is 1.83 bits per heavy atom. The second-order valence-corrected chi connectivity index (χ2v) is 7.23.